The number of piperidine rings is 1. The molecule has 1 amide bonds. The molecule has 0 spiro atoms. The van der Waals surface area contributed by atoms with Crippen molar-refractivity contribution in [3.05, 3.63) is 59.3 Å². The smallest absolute Gasteiger partial charge is 0.259 e. The van der Waals surface area contributed by atoms with E-state index in [0.717, 1.165) is 47.6 Å². The predicted molar refractivity (Wildman–Crippen MR) is 106 cm³/mol. The molecule has 4 aromatic rings. The number of imidazole rings is 1. The number of nitrogens with one attached hydrogen (secondary N) is 1. The van der Waals surface area contributed by atoms with Gasteiger partial charge in [-0.2, -0.15) is 5.10 Å². The molecule has 1 unspecified atom stereocenters. The lowest BCUT2D eigenvalue weighted by molar-refractivity contribution is 0.0706. The van der Waals surface area contributed by atoms with Gasteiger partial charge in [-0.05, 0) is 44.9 Å². The van der Waals surface area contributed by atoms with Crippen LogP contribution in [0.1, 0.15) is 46.3 Å². The Morgan fingerprint density at radius 2 is 2.07 bits per heavy atom. The molecular weight excluding hydrogens is 352 g/mol. The summed E-state index contributed by atoms with van der Waals surface area (Å²) in [4.78, 5) is 27.9. The highest BCUT2D eigenvalue weighted by molar-refractivity contribution is 5.99. The number of aromatic amines is 1. The maximum absolute atomic E-state index is 13.2. The number of hydrogen-bond donors (Lipinski definition) is 1. The van der Waals surface area contributed by atoms with Gasteiger partial charge < -0.3 is 9.88 Å². The summed E-state index contributed by atoms with van der Waals surface area (Å²) in [7, 11) is 0. The van der Waals surface area contributed by atoms with Crippen LogP contribution in [0.15, 0.2) is 36.5 Å². The molecule has 4 heterocycles. The summed E-state index contributed by atoms with van der Waals surface area (Å²) in [6.07, 6.45) is 3.62. The average Bonchev–Trinajstić information content (AvgIpc) is 3.32. The Morgan fingerprint density at radius 1 is 1.21 bits per heavy atom. The highest BCUT2D eigenvalue weighted by atomic mass is 16.2. The summed E-state index contributed by atoms with van der Waals surface area (Å²) in [5.41, 5.74) is 5.07. The summed E-state index contributed by atoms with van der Waals surface area (Å²) in [5.74, 6) is 1.17. The third-order valence-electron chi connectivity index (χ3n) is 5.51. The number of fused-ring (bicyclic) bond motifs is 2. The number of amides is 1. The SMILES string of the molecule is Cc1cc(C)n2ncc(C(=O)N3CCCC(c4nc5ccccc5[nH]4)C3)c2n1. The summed E-state index contributed by atoms with van der Waals surface area (Å²) in [6, 6.07) is 10.0. The second-order valence-corrected chi connectivity index (χ2v) is 7.56. The lowest BCUT2D eigenvalue weighted by atomic mass is 9.97. The van der Waals surface area contributed by atoms with Crippen molar-refractivity contribution in [3.8, 4) is 0 Å². The van der Waals surface area contributed by atoms with Gasteiger partial charge in [-0.25, -0.2) is 14.5 Å². The van der Waals surface area contributed by atoms with Crippen LogP contribution in [0.2, 0.25) is 0 Å². The van der Waals surface area contributed by atoms with Gasteiger partial charge >= 0.3 is 0 Å². The highest BCUT2D eigenvalue weighted by Crippen LogP contribution is 2.28. The Labute approximate surface area is 162 Å². The predicted octanol–water partition coefficient (Wildman–Crippen LogP) is 3.24. The fourth-order valence-corrected chi connectivity index (χ4v) is 4.14. The van der Waals surface area contributed by atoms with Crippen LogP contribution in [0.4, 0.5) is 0 Å². The Kier molecular flexibility index (Phi) is 3.89. The quantitative estimate of drug-likeness (QED) is 0.584. The lowest BCUT2D eigenvalue weighted by Crippen LogP contribution is -2.39. The van der Waals surface area contributed by atoms with Crippen LogP contribution in [-0.2, 0) is 0 Å². The van der Waals surface area contributed by atoms with Gasteiger partial charge in [-0.1, -0.05) is 12.1 Å². The van der Waals surface area contributed by atoms with Crippen molar-refractivity contribution in [2.24, 2.45) is 0 Å². The molecule has 28 heavy (non-hydrogen) atoms. The molecule has 5 rings (SSSR count). The van der Waals surface area contributed by atoms with Gasteiger partial charge in [-0.15, -0.1) is 0 Å². The Balaban J connectivity index is 1.44. The lowest BCUT2D eigenvalue weighted by Gasteiger charge is -2.31. The van der Waals surface area contributed by atoms with E-state index in [9.17, 15) is 4.79 Å². The van der Waals surface area contributed by atoms with Crippen LogP contribution in [0.25, 0.3) is 16.7 Å². The van der Waals surface area contributed by atoms with Gasteiger partial charge in [0.25, 0.3) is 5.91 Å². The molecule has 1 N–H and O–H groups in total. The standard InChI is InChI=1S/C21H22N6O/c1-13-10-14(2)27-20(23-13)16(11-22-27)21(28)26-9-5-6-15(12-26)19-24-17-7-3-4-8-18(17)25-19/h3-4,7-8,10-11,15H,5-6,9,12H2,1-2H3,(H,24,25). The first-order valence-corrected chi connectivity index (χ1v) is 9.66. The summed E-state index contributed by atoms with van der Waals surface area (Å²) < 4.78 is 1.74. The molecule has 0 radical (unpaired) electrons. The number of carbonyl (C=O) groups excluding carboxylic acids is 1. The van der Waals surface area contributed by atoms with Gasteiger partial charge in [0.05, 0.1) is 17.2 Å². The molecule has 1 saturated heterocycles. The first-order chi connectivity index (χ1) is 13.6. The summed E-state index contributed by atoms with van der Waals surface area (Å²) >= 11 is 0. The minimum absolute atomic E-state index is 0.00619. The molecule has 7 nitrogen and oxygen atoms in total. The maximum Gasteiger partial charge on any atom is 0.259 e. The number of carbonyl (C=O) groups is 1. The molecule has 0 saturated carbocycles. The van der Waals surface area contributed by atoms with Crippen molar-refractivity contribution in [1.29, 1.82) is 0 Å². The van der Waals surface area contributed by atoms with E-state index in [-0.39, 0.29) is 11.8 Å². The zero-order valence-electron chi connectivity index (χ0n) is 16.0. The van der Waals surface area contributed by atoms with Crippen molar-refractivity contribution >= 4 is 22.6 Å². The number of benzene rings is 1. The van der Waals surface area contributed by atoms with E-state index in [1.165, 1.54) is 0 Å². The molecule has 1 aliphatic heterocycles. The summed E-state index contributed by atoms with van der Waals surface area (Å²) in [5, 5.41) is 4.37. The van der Waals surface area contributed by atoms with Gasteiger partial charge in [0.15, 0.2) is 5.65 Å². The monoisotopic (exact) mass is 374 g/mol. The minimum Gasteiger partial charge on any atom is -0.342 e. The number of rotatable bonds is 2. The molecule has 7 heteroatoms. The van der Waals surface area contributed by atoms with Gasteiger partial charge in [0.2, 0.25) is 0 Å². The number of para-hydroxylation sites is 2. The molecule has 1 fully saturated rings. The van der Waals surface area contributed by atoms with Crippen molar-refractivity contribution < 1.29 is 4.79 Å². The second kappa shape index (κ2) is 6.44. The molecule has 0 aliphatic carbocycles. The molecule has 1 atom stereocenters. The third kappa shape index (κ3) is 2.74. The van der Waals surface area contributed by atoms with Crippen LogP contribution < -0.4 is 0 Å². The molecular formula is C21H22N6O. The average molecular weight is 374 g/mol. The number of nitrogens with zero attached hydrogens (tertiary/aromatic N) is 5. The number of aryl methyl sites for hydroxylation is 2. The second-order valence-electron chi connectivity index (χ2n) is 7.56. The van der Waals surface area contributed by atoms with E-state index in [0.29, 0.717) is 17.8 Å². The third-order valence-corrected chi connectivity index (χ3v) is 5.51. The zero-order valence-corrected chi connectivity index (χ0v) is 16.0. The van der Waals surface area contributed by atoms with Crippen LogP contribution in [0.5, 0.6) is 0 Å². The van der Waals surface area contributed by atoms with Crippen LogP contribution in [0, 0.1) is 13.8 Å². The van der Waals surface area contributed by atoms with Crippen LogP contribution in [0.3, 0.4) is 0 Å². The first kappa shape index (κ1) is 16.9. The largest absolute Gasteiger partial charge is 0.342 e. The normalized spacial score (nSPS) is 17.5. The van der Waals surface area contributed by atoms with Crippen LogP contribution in [-0.4, -0.2) is 48.5 Å². The Morgan fingerprint density at radius 3 is 2.93 bits per heavy atom. The van der Waals surface area contributed by atoms with Crippen molar-refractivity contribution in [3.63, 3.8) is 0 Å². The van der Waals surface area contributed by atoms with E-state index in [1.807, 2.05) is 49.1 Å². The van der Waals surface area contributed by atoms with Crippen molar-refractivity contribution in [2.45, 2.75) is 32.6 Å². The number of likely N-dealkylation sites (tertiary alicyclic amines) is 1. The van der Waals surface area contributed by atoms with E-state index < -0.39 is 0 Å². The first-order valence-electron chi connectivity index (χ1n) is 9.66. The molecule has 1 aliphatic rings. The fraction of sp³-hybridized carbons (Fsp3) is 0.333. The van der Waals surface area contributed by atoms with Crippen molar-refractivity contribution in [1.82, 2.24) is 29.5 Å². The topological polar surface area (TPSA) is 79.2 Å². The van der Waals surface area contributed by atoms with E-state index in [4.69, 9.17) is 4.98 Å². The van der Waals surface area contributed by atoms with E-state index >= 15 is 0 Å². The molecule has 3 aromatic heterocycles. The zero-order chi connectivity index (χ0) is 19.3. The van der Waals surface area contributed by atoms with E-state index in [1.54, 1.807) is 10.7 Å². The molecule has 1 aromatic carbocycles. The minimum atomic E-state index is -0.00619. The fourth-order valence-electron chi connectivity index (χ4n) is 4.14. The van der Waals surface area contributed by atoms with Gasteiger partial charge in [-0.3, -0.25) is 4.79 Å². The maximum atomic E-state index is 13.2. The number of aromatic nitrogens is 5. The van der Waals surface area contributed by atoms with Gasteiger partial charge in [0, 0.05) is 30.4 Å². The Bertz CT molecular complexity index is 1160. The van der Waals surface area contributed by atoms with Crippen LogP contribution >= 0.6 is 0 Å². The molecule has 142 valence electrons. The number of H-pyrrole nitrogens is 1. The highest BCUT2D eigenvalue weighted by Gasteiger charge is 2.29. The van der Waals surface area contributed by atoms with Crippen molar-refractivity contribution in [2.75, 3.05) is 13.1 Å². The molecule has 0 bridgehead atoms. The number of hydrogen-bond acceptors (Lipinski definition) is 4. The van der Waals surface area contributed by atoms with E-state index in [2.05, 4.69) is 15.1 Å². The Hall–Kier alpha value is -3.22. The summed E-state index contributed by atoms with van der Waals surface area (Å²) in [6.45, 7) is 5.31. The van der Waals surface area contributed by atoms with Gasteiger partial charge in [0.1, 0.15) is 11.4 Å².